The number of sulfonamides is 1. The van der Waals surface area contributed by atoms with Crippen LogP contribution in [0.1, 0.15) is 5.56 Å². The molecule has 0 aliphatic rings. The molecule has 7 nitrogen and oxygen atoms in total. The molecule has 0 bridgehead atoms. The van der Waals surface area contributed by atoms with E-state index in [-0.39, 0.29) is 17.4 Å². The fourth-order valence-electron chi connectivity index (χ4n) is 2.57. The van der Waals surface area contributed by atoms with Crippen molar-refractivity contribution in [2.75, 3.05) is 23.8 Å². The summed E-state index contributed by atoms with van der Waals surface area (Å²) < 4.78 is 38.0. The van der Waals surface area contributed by atoms with Crippen LogP contribution < -0.4 is 19.5 Å². The lowest BCUT2D eigenvalue weighted by atomic mass is 10.2. The van der Waals surface area contributed by atoms with E-state index in [4.69, 9.17) is 9.47 Å². The summed E-state index contributed by atoms with van der Waals surface area (Å²) in [7, 11) is -2.22. The standard InChI is InChI=1S/C22H22N2O5S/c1-16-3-9-20(10-4-16)29-15-22(25)23-17-7-13-21(14-8-17)30(26,27)24-18-5-11-19(28-2)12-6-18/h3-14,24H,15H2,1-2H3,(H,23,25). The predicted octanol–water partition coefficient (Wildman–Crippen LogP) is 3.82. The zero-order chi connectivity index (χ0) is 21.6. The maximum absolute atomic E-state index is 12.5. The highest BCUT2D eigenvalue weighted by atomic mass is 32.2. The first kappa shape index (κ1) is 21.2. The molecule has 0 aliphatic carbocycles. The van der Waals surface area contributed by atoms with Crippen LogP contribution in [0.5, 0.6) is 11.5 Å². The van der Waals surface area contributed by atoms with Gasteiger partial charge in [-0.15, -0.1) is 0 Å². The quantitative estimate of drug-likeness (QED) is 0.571. The minimum Gasteiger partial charge on any atom is -0.497 e. The van der Waals surface area contributed by atoms with E-state index in [1.807, 2.05) is 19.1 Å². The number of anilines is 2. The molecule has 1 amide bonds. The van der Waals surface area contributed by atoms with Gasteiger partial charge in [0.15, 0.2) is 6.61 Å². The highest BCUT2D eigenvalue weighted by molar-refractivity contribution is 7.92. The third-order valence-electron chi connectivity index (χ3n) is 4.18. The smallest absolute Gasteiger partial charge is 0.262 e. The molecule has 0 heterocycles. The molecule has 3 aromatic rings. The van der Waals surface area contributed by atoms with Crippen LogP contribution in [0.3, 0.4) is 0 Å². The molecular weight excluding hydrogens is 404 g/mol. The molecule has 0 fully saturated rings. The van der Waals surface area contributed by atoms with E-state index in [9.17, 15) is 13.2 Å². The van der Waals surface area contributed by atoms with Crippen molar-refractivity contribution in [1.82, 2.24) is 0 Å². The average Bonchev–Trinajstić information content (AvgIpc) is 2.74. The van der Waals surface area contributed by atoms with E-state index >= 15 is 0 Å². The van der Waals surface area contributed by atoms with Crippen molar-refractivity contribution >= 4 is 27.3 Å². The summed E-state index contributed by atoms with van der Waals surface area (Å²) >= 11 is 0. The summed E-state index contributed by atoms with van der Waals surface area (Å²) in [5.41, 5.74) is 1.99. The number of hydrogen-bond acceptors (Lipinski definition) is 5. The van der Waals surface area contributed by atoms with Crippen LogP contribution in [0.2, 0.25) is 0 Å². The van der Waals surface area contributed by atoms with Gasteiger partial charge >= 0.3 is 0 Å². The fourth-order valence-corrected chi connectivity index (χ4v) is 3.63. The number of carbonyl (C=O) groups is 1. The summed E-state index contributed by atoms with van der Waals surface area (Å²) in [6, 6.07) is 19.8. The van der Waals surface area contributed by atoms with Gasteiger partial charge < -0.3 is 14.8 Å². The fraction of sp³-hybridized carbons (Fsp3) is 0.136. The number of methoxy groups -OCH3 is 1. The Bertz CT molecular complexity index is 1090. The highest BCUT2D eigenvalue weighted by Gasteiger charge is 2.14. The first-order valence-electron chi connectivity index (χ1n) is 9.12. The van der Waals surface area contributed by atoms with Crippen molar-refractivity contribution in [3.63, 3.8) is 0 Å². The molecule has 0 unspecified atom stereocenters. The van der Waals surface area contributed by atoms with Gasteiger partial charge in [0.1, 0.15) is 11.5 Å². The van der Waals surface area contributed by atoms with Crippen LogP contribution in [0.15, 0.2) is 77.7 Å². The summed E-state index contributed by atoms with van der Waals surface area (Å²) in [5.74, 6) is 0.883. The van der Waals surface area contributed by atoms with Gasteiger partial charge in [-0.3, -0.25) is 9.52 Å². The summed E-state index contributed by atoms with van der Waals surface area (Å²) in [4.78, 5) is 12.1. The molecule has 0 radical (unpaired) electrons. The Labute approximate surface area is 175 Å². The Kier molecular flexibility index (Phi) is 6.58. The Hall–Kier alpha value is -3.52. The van der Waals surface area contributed by atoms with Gasteiger partial charge in [-0.25, -0.2) is 8.42 Å². The van der Waals surface area contributed by atoms with Gasteiger partial charge in [-0.2, -0.15) is 0 Å². The molecule has 3 aromatic carbocycles. The molecule has 0 atom stereocenters. The number of amides is 1. The van der Waals surface area contributed by atoms with E-state index in [1.54, 1.807) is 36.4 Å². The van der Waals surface area contributed by atoms with Crippen LogP contribution in [-0.4, -0.2) is 28.0 Å². The number of hydrogen-bond donors (Lipinski definition) is 2. The van der Waals surface area contributed by atoms with Gasteiger partial charge in [0.05, 0.1) is 12.0 Å². The van der Waals surface area contributed by atoms with Crippen molar-refractivity contribution < 1.29 is 22.7 Å². The predicted molar refractivity (Wildman–Crippen MR) is 116 cm³/mol. The molecule has 3 rings (SSSR count). The van der Waals surface area contributed by atoms with Gasteiger partial charge in [-0.05, 0) is 67.6 Å². The van der Waals surface area contributed by atoms with Crippen molar-refractivity contribution in [3.8, 4) is 11.5 Å². The molecule has 0 aliphatic heterocycles. The maximum atomic E-state index is 12.5. The van der Waals surface area contributed by atoms with Crippen LogP contribution in [0.25, 0.3) is 0 Å². The topological polar surface area (TPSA) is 93.7 Å². The first-order valence-corrected chi connectivity index (χ1v) is 10.6. The molecule has 2 N–H and O–H groups in total. The second-order valence-corrected chi connectivity index (χ2v) is 8.19. The normalized spacial score (nSPS) is 10.9. The third-order valence-corrected chi connectivity index (χ3v) is 5.58. The van der Waals surface area contributed by atoms with E-state index in [2.05, 4.69) is 10.0 Å². The molecule has 8 heteroatoms. The van der Waals surface area contributed by atoms with Crippen LogP contribution in [0.4, 0.5) is 11.4 Å². The largest absolute Gasteiger partial charge is 0.497 e. The van der Waals surface area contributed by atoms with Crippen molar-refractivity contribution in [2.45, 2.75) is 11.8 Å². The average molecular weight is 426 g/mol. The van der Waals surface area contributed by atoms with E-state index in [0.717, 1.165) is 5.56 Å². The van der Waals surface area contributed by atoms with Crippen molar-refractivity contribution in [2.24, 2.45) is 0 Å². The van der Waals surface area contributed by atoms with E-state index < -0.39 is 10.0 Å². The Morgan fingerprint density at radius 2 is 1.40 bits per heavy atom. The van der Waals surface area contributed by atoms with E-state index in [0.29, 0.717) is 22.9 Å². The van der Waals surface area contributed by atoms with Crippen molar-refractivity contribution in [1.29, 1.82) is 0 Å². The first-order chi connectivity index (χ1) is 14.4. The number of nitrogens with one attached hydrogen (secondary N) is 2. The van der Waals surface area contributed by atoms with Gasteiger partial charge in [0.2, 0.25) is 0 Å². The molecular formula is C22H22N2O5S. The SMILES string of the molecule is COc1ccc(NS(=O)(=O)c2ccc(NC(=O)COc3ccc(C)cc3)cc2)cc1. The van der Waals surface area contributed by atoms with Crippen molar-refractivity contribution in [3.05, 3.63) is 78.4 Å². The maximum Gasteiger partial charge on any atom is 0.262 e. The lowest BCUT2D eigenvalue weighted by Crippen LogP contribution is -2.20. The molecule has 0 saturated carbocycles. The van der Waals surface area contributed by atoms with Gasteiger partial charge in [0.25, 0.3) is 15.9 Å². The van der Waals surface area contributed by atoms with Crippen LogP contribution in [-0.2, 0) is 14.8 Å². The zero-order valence-electron chi connectivity index (χ0n) is 16.6. The minimum absolute atomic E-state index is 0.0761. The highest BCUT2D eigenvalue weighted by Crippen LogP contribution is 2.20. The Balaban J connectivity index is 1.57. The lowest BCUT2D eigenvalue weighted by Gasteiger charge is -2.10. The Morgan fingerprint density at radius 3 is 2.00 bits per heavy atom. The second kappa shape index (κ2) is 9.32. The van der Waals surface area contributed by atoms with Crippen LogP contribution >= 0.6 is 0 Å². The number of carbonyl (C=O) groups excluding carboxylic acids is 1. The lowest BCUT2D eigenvalue weighted by molar-refractivity contribution is -0.118. The molecule has 0 aromatic heterocycles. The number of rotatable bonds is 8. The third kappa shape index (κ3) is 5.74. The number of aryl methyl sites for hydroxylation is 1. The molecule has 0 saturated heterocycles. The Morgan fingerprint density at radius 1 is 0.833 bits per heavy atom. The molecule has 0 spiro atoms. The monoisotopic (exact) mass is 426 g/mol. The van der Waals surface area contributed by atoms with Crippen LogP contribution in [0, 0.1) is 6.92 Å². The molecule has 156 valence electrons. The van der Waals surface area contributed by atoms with E-state index in [1.165, 1.54) is 31.4 Å². The van der Waals surface area contributed by atoms with Gasteiger partial charge in [-0.1, -0.05) is 17.7 Å². The summed E-state index contributed by atoms with van der Waals surface area (Å²) in [6.07, 6.45) is 0. The zero-order valence-corrected chi connectivity index (χ0v) is 17.4. The summed E-state index contributed by atoms with van der Waals surface area (Å²) in [5, 5.41) is 2.67. The molecule has 30 heavy (non-hydrogen) atoms. The number of benzene rings is 3. The second-order valence-electron chi connectivity index (χ2n) is 6.51. The number of ether oxygens (including phenoxy) is 2. The summed E-state index contributed by atoms with van der Waals surface area (Å²) in [6.45, 7) is 1.81. The van der Waals surface area contributed by atoms with Gasteiger partial charge in [0, 0.05) is 11.4 Å². The minimum atomic E-state index is -3.76.